The topological polar surface area (TPSA) is 26.0 Å². The predicted molar refractivity (Wildman–Crippen MR) is 69.0 cm³/mol. The van der Waals surface area contributed by atoms with Crippen molar-refractivity contribution in [1.29, 1.82) is 0 Å². The van der Waals surface area contributed by atoms with Crippen LogP contribution in [0.3, 0.4) is 0 Å². The van der Waals surface area contributed by atoms with Crippen molar-refractivity contribution in [1.82, 2.24) is 0 Å². The van der Waals surface area contributed by atoms with Crippen molar-refractivity contribution in [3.63, 3.8) is 0 Å². The van der Waals surface area contributed by atoms with Gasteiger partial charge in [0.1, 0.15) is 0 Å². The van der Waals surface area contributed by atoms with Gasteiger partial charge >= 0.3 is 0 Å². The summed E-state index contributed by atoms with van der Waals surface area (Å²) in [6.07, 6.45) is 0. The van der Waals surface area contributed by atoms with Crippen LogP contribution in [0.25, 0.3) is 11.1 Å². The van der Waals surface area contributed by atoms with Gasteiger partial charge in [0.05, 0.1) is 5.02 Å². The molecule has 2 aromatic carbocycles. The second-order valence-corrected chi connectivity index (χ2v) is 4.58. The SMILES string of the molecule is Nc1cccc(-c2ccc(Br)c(Cl)c2F)c1. The molecule has 0 atom stereocenters. The fraction of sp³-hybridized carbons (Fsp3) is 0. The Morgan fingerprint density at radius 1 is 1.19 bits per heavy atom. The van der Waals surface area contributed by atoms with E-state index < -0.39 is 5.82 Å². The third-order valence-electron chi connectivity index (χ3n) is 2.23. The summed E-state index contributed by atoms with van der Waals surface area (Å²) in [6.45, 7) is 0. The molecule has 2 N–H and O–H groups in total. The first-order valence-corrected chi connectivity index (χ1v) is 5.76. The lowest BCUT2D eigenvalue weighted by molar-refractivity contribution is 0.631. The zero-order valence-electron chi connectivity index (χ0n) is 8.18. The van der Waals surface area contributed by atoms with Gasteiger partial charge in [0, 0.05) is 15.7 Å². The van der Waals surface area contributed by atoms with Crippen molar-refractivity contribution < 1.29 is 4.39 Å². The Bertz CT molecular complexity index is 543. The molecule has 16 heavy (non-hydrogen) atoms. The van der Waals surface area contributed by atoms with Crippen LogP contribution in [0, 0.1) is 5.82 Å². The first-order valence-electron chi connectivity index (χ1n) is 4.59. The summed E-state index contributed by atoms with van der Waals surface area (Å²) in [6, 6.07) is 10.4. The summed E-state index contributed by atoms with van der Waals surface area (Å²) in [7, 11) is 0. The van der Waals surface area contributed by atoms with Crippen molar-refractivity contribution in [2.75, 3.05) is 5.73 Å². The van der Waals surface area contributed by atoms with Crippen LogP contribution in [0.5, 0.6) is 0 Å². The van der Waals surface area contributed by atoms with E-state index in [2.05, 4.69) is 15.9 Å². The van der Waals surface area contributed by atoms with Gasteiger partial charge < -0.3 is 5.73 Å². The Kier molecular flexibility index (Phi) is 3.17. The molecule has 0 bridgehead atoms. The first-order chi connectivity index (χ1) is 7.59. The highest BCUT2D eigenvalue weighted by Gasteiger charge is 2.11. The molecule has 82 valence electrons. The van der Waals surface area contributed by atoms with Crippen LogP contribution in [0.2, 0.25) is 5.02 Å². The summed E-state index contributed by atoms with van der Waals surface area (Å²) in [5.41, 5.74) is 7.40. The van der Waals surface area contributed by atoms with Gasteiger partial charge in [0.2, 0.25) is 0 Å². The highest BCUT2D eigenvalue weighted by Crippen LogP contribution is 2.33. The lowest BCUT2D eigenvalue weighted by Crippen LogP contribution is -1.89. The fourth-order valence-corrected chi connectivity index (χ4v) is 1.93. The van der Waals surface area contributed by atoms with E-state index >= 15 is 0 Å². The van der Waals surface area contributed by atoms with Gasteiger partial charge in [-0.15, -0.1) is 0 Å². The van der Waals surface area contributed by atoms with Crippen LogP contribution in [0.15, 0.2) is 40.9 Å². The van der Waals surface area contributed by atoms with Crippen molar-refractivity contribution in [2.24, 2.45) is 0 Å². The third-order valence-corrected chi connectivity index (χ3v) is 3.49. The molecule has 0 aliphatic rings. The second kappa shape index (κ2) is 4.44. The molecule has 0 unspecified atom stereocenters. The van der Waals surface area contributed by atoms with Crippen LogP contribution in [-0.4, -0.2) is 0 Å². The van der Waals surface area contributed by atoms with Crippen LogP contribution >= 0.6 is 27.5 Å². The number of nitrogen functional groups attached to an aromatic ring is 1. The fourth-order valence-electron chi connectivity index (χ4n) is 1.46. The van der Waals surface area contributed by atoms with E-state index in [-0.39, 0.29) is 5.02 Å². The van der Waals surface area contributed by atoms with E-state index in [9.17, 15) is 4.39 Å². The number of halogens is 3. The number of hydrogen-bond donors (Lipinski definition) is 1. The van der Waals surface area contributed by atoms with Crippen LogP contribution in [-0.2, 0) is 0 Å². The summed E-state index contributed by atoms with van der Waals surface area (Å²) in [4.78, 5) is 0. The highest BCUT2D eigenvalue weighted by molar-refractivity contribution is 9.10. The molecule has 0 fully saturated rings. The standard InChI is InChI=1S/C12H8BrClFN/c13-10-5-4-9(12(15)11(10)14)7-2-1-3-8(16)6-7/h1-6H,16H2. The average Bonchev–Trinajstić information content (AvgIpc) is 2.26. The molecule has 0 aromatic heterocycles. The lowest BCUT2D eigenvalue weighted by atomic mass is 10.0. The van der Waals surface area contributed by atoms with Gasteiger partial charge in [0.25, 0.3) is 0 Å². The van der Waals surface area contributed by atoms with E-state index in [1.165, 1.54) is 0 Å². The normalized spacial score (nSPS) is 10.4. The summed E-state index contributed by atoms with van der Waals surface area (Å²) in [5.74, 6) is -0.443. The van der Waals surface area contributed by atoms with Gasteiger partial charge in [-0.1, -0.05) is 29.8 Å². The molecule has 0 saturated carbocycles. The van der Waals surface area contributed by atoms with E-state index in [0.717, 1.165) is 0 Å². The molecule has 4 heteroatoms. The Labute approximate surface area is 106 Å². The summed E-state index contributed by atoms with van der Waals surface area (Å²) < 4.78 is 14.4. The molecule has 1 nitrogen and oxygen atoms in total. The van der Waals surface area contributed by atoms with Crippen molar-refractivity contribution in [3.05, 3.63) is 51.7 Å². The average molecular weight is 301 g/mol. The molecule has 2 aromatic rings. The quantitative estimate of drug-likeness (QED) is 0.609. The third kappa shape index (κ3) is 2.06. The molecular formula is C12H8BrClFN. The van der Waals surface area contributed by atoms with Gasteiger partial charge in [-0.2, -0.15) is 0 Å². The molecular weight excluding hydrogens is 292 g/mol. The van der Waals surface area contributed by atoms with Crippen LogP contribution in [0.1, 0.15) is 0 Å². The number of rotatable bonds is 1. The Hall–Kier alpha value is -1.06. The van der Waals surface area contributed by atoms with Crippen LogP contribution in [0.4, 0.5) is 10.1 Å². The maximum absolute atomic E-state index is 13.9. The smallest absolute Gasteiger partial charge is 0.150 e. The van der Waals surface area contributed by atoms with Gasteiger partial charge in [-0.3, -0.25) is 0 Å². The van der Waals surface area contributed by atoms with Crippen molar-refractivity contribution >= 4 is 33.2 Å². The molecule has 0 amide bonds. The minimum Gasteiger partial charge on any atom is -0.399 e. The maximum Gasteiger partial charge on any atom is 0.150 e. The molecule has 0 saturated heterocycles. The summed E-state index contributed by atoms with van der Waals surface area (Å²) in [5, 5.41) is 0.0833. The molecule has 0 spiro atoms. The van der Waals surface area contributed by atoms with Crippen molar-refractivity contribution in [3.8, 4) is 11.1 Å². The second-order valence-electron chi connectivity index (χ2n) is 3.35. The van der Waals surface area contributed by atoms with E-state index in [1.807, 2.05) is 0 Å². The number of hydrogen-bond acceptors (Lipinski definition) is 1. The predicted octanol–water partition coefficient (Wildman–Crippen LogP) is 4.49. The Morgan fingerprint density at radius 3 is 2.62 bits per heavy atom. The Balaban J connectivity index is 2.61. The molecule has 0 aliphatic carbocycles. The lowest BCUT2D eigenvalue weighted by Gasteiger charge is -2.07. The zero-order valence-corrected chi connectivity index (χ0v) is 10.5. The van der Waals surface area contributed by atoms with Crippen molar-refractivity contribution in [2.45, 2.75) is 0 Å². The zero-order chi connectivity index (χ0) is 11.7. The summed E-state index contributed by atoms with van der Waals surface area (Å²) >= 11 is 8.99. The number of anilines is 1. The molecule has 0 aliphatic heterocycles. The van der Waals surface area contributed by atoms with Gasteiger partial charge in [0.15, 0.2) is 5.82 Å². The van der Waals surface area contributed by atoms with Gasteiger partial charge in [-0.05, 0) is 39.7 Å². The maximum atomic E-state index is 13.9. The molecule has 2 rings (SSSR count). The largest absolute Gasteiger partial charge is 0.399 e. The minimum atomic E-state index is -0.443. The molecule has 0 radical (unpaired) electrons. The number of nitrogens with two attached hydrogens (primary N) is 1. The number of benzene rings is 2. The monoisotopic (exact) mass is 299 g/mol. The Morgan fingerprint density at radius 2 is 1.94 bits per heavy atom. The van der Waals surface area contributed by atoms with E-state index in [1.54, 1.807) is 36.4 Å². The first kappa shape index (κ1) is 11.4. The highest BCUT2D eigenvalue weighted by atomic mass is 79.9. The van der Waals surface area contributed by atoms with E-state index in [0.29, 0.717) is 21.3 Å². The minimum absolute atomic E-state index is 0.0833. The van der Waals surface area contributed by atoms with Gasteiger partial charge in [-0.25, -0.2) is 4.39 Å². The molecule has 0 heterocycles. The van der Waals surface area contributed by atoms with E-state index in [4.69, 9.17) is 17.3 Å². The van der Waals surface area contributed by atoms with Crippen LogP contribution < -0.4 is 5.73 Å².